The van der Waals surface area contributed by atoms with E-state index in [1.807, 2.05) is 0 Å². The first-order valence-corrected chi connectivity index (χ1v) is 4.48. The van der Waals surface area contributed by atoms with E-state index in [1.54, 1.807) is 6.07 Å². The lowest BCUT2D eigenvalue weighted by Gasteiger charge is -2.15. The Labute approximate surface area is 90.1 Å². The first kappa shape index (κ1) is 9.60. The standard InChI is InChI=1S/C9H6N2O3S/c12-7-6(3-5-1-2-14-4-5)8(13)11-9(15)10-7/h1-4H,(H2,10,11,12,13,15). The lowest BCUT2D eigenvalue weighted by Crippen LogP contribution is -2.51. The number of furan rings is 1. The van der Waals surface area contributed by atoms with E-state index in [0.717, 1.165) is 0 Å². The van der Waals surface area contributed by atoms with Crippen molar-refractivity contribution in [3.8, 4) is 0 Å². The van der Waals surface area contributed by atoms with Crippen molar-refractivity contribution < 1.29 is 14.0 Å². The van der Waals surface area contributed by atoms with E-state index < -0.39 is 11.8 Å². The minimum atomic E-state index is -0.509. The summed E-state index contributed by atoms with van der Waals surface area (Å²) in [6.07, 6.45) is 4.31. The molecule has 0 bridgehead atoms. The van der Waals surface area contributed by atoms with E-state index in [1.165, 1.54) is 18.6 Å². The van der Waals surface area contributed by atoms with Gasteiger partial charge in [-0.2, -0.15) is 0 Å². The molecule has 76 valence electrons. The Bertz CT molecular complexity index is 440. The number of rotatable bonds is 1. The second-order valence-corrected chi connectivity index (χ2v) is 3.26. The Morgan fingerprint density at radius 1 is 1.27 bits per heavy atom. The van der Waals surface area contributed by atoms with Crippen molar-refractivity contribution in [2.45, 2.75) is 0 Å². The summed E-state index contributed by atoms with van der Waals surface area (Å²) in [6, 6.07) is 1.64. The fourth-order valence-electron chi connectivity index (χ4n) is 1.13. The molecule has 0 atom stereocenters. The van der Waals surface area contributed by atoms with Gasteiger partial charge in [-0.05, 0) is 24.4 Å². The van der Waals surface area contributed by atoms with Gasteiger partial charge in [-0.15, -0.1) is 0 Å². The molecule has 0 unspecified atom stereocenters. The average molecular weight is 222 g/mol. The Kier molecular flexibility index (Phi) is 2.34. The van der Waals surface area contributed by atoms with Crippen LogP contribution in [-0.4, -0.2) is 16.9 Å². The third kappa shape index (κ3) is 1.94. The van der Waals surface area contributed by atoms with Crippen molar-refractivity contribution in [1.29, 1.82) is 0 Å². The number of hydrogen-bond acceptors (Lipinski definition) is 4. The number of nitrogens with one attached hydrogen (secondary N) is 2. The van der Waals surface area contributed by atoms with Crippen LogP contribution in [0.25, 0.3) is 6.08 Å². The Balaban J connectivity index is 2.32. The second kappa shape index (κ2) is 3.66. The van der Waals surface area contributed by atoms with E-state index in [0.29, 0.717) is 5.56 Å². The van der Waals surface area contributed by atoms with Crippen LogP contribution in [-0.2, 0) is 9.59 Å². The maximum absolute atomic E-state index is 11.4. The van der Waals surface area contributed by atoms with Crippen LogP contribution in [0.5, 0.6) is 0 Å². The van der Waals surface area contributed by atoms with Gasteiger partial charge >= 0.3 is 0 Å². The predicted octanol–water partition coefficient (Wildman–Crippen LogP) is 0.194. The van der Waals surface area contributed by atoms with Crippen LogP contribution in [0.15, 0.2) is 28.6 Å². The van der Waals surface area contributed by atoms with Gasteiger partial charge in [0.05, 0.1) is 12.5 Å². The van der Waals surface area contributed by atoms with Crippen LogP contribution < -0.4 is 10.6 Å². The molecule has 2 rings (SSSR count). The van der Waals surface area contributed by atoms with Gasteiger partial charge < -0.3 is 4.42 Å². The van der Waals surface area contributed by atoms with E-state index in [4.69, 9.17) is 4.42 Å². The molecule has 0 radical (unpaired) electrons. The normalized spacial score (nSPS) is 16.0. The minimum absolute atomic E-state index is 0.00463. The molecule has 2 N–H and O–H groups in total. The van der Waals surface area contributed by atoms with Crippen LogP contribution >= 0.6 is 12.2 Å². The molecule has 1 aliphatic rings. The van der Waals surface area contributed by atoms with E-state index in [-0.39, 0.29) is 10.7 Å². The molecule has 0 spiro atoms. The molecule has 0 aliphatic carbocycles. The zero-order chi connectivity index (χ0) is 10.8. The summed E-state index contributed by atoms with van der Waals surface area (Å²) in [5.74, 6) is -1.02. The van der Waals surface area contributed by atoms with Gasteiger partial charge in [-0.3, -0.25) is 20.2 Å². The summed E-state index contributed by atoms with van der Waals surface area (Å²) >= 11 is 4.65. The zero-order valence-electron chi connectivity index (χ0n) is 7.44. The summed E-state index contributed by atoms with van der Waals surface area (Å²) in [6.45, 7) is 0. The molecule has 2 amide bonds. The molecule has 0 saturated carbocycles. The van der Waals surface area contributed by atoms with Gasteiger partial charge in [0.1, 0.15) is 5.57 Å². The van der Waals surface area contributed by atoms with Crippen molar-refractivity contribution >= 4 is 35.2 Å². The third-order valence-electron chi connectivity index (χ3n) is 1.80. The van der Waals surface area contributed by atoms with Crippen molar-refractivity contribution in [2.75, 3.05) is 0 Å². The highest BCUT2D eigenvalue weighted by molar-refractivity contribution is 7.80. The zero-order valence-corrected chi connectivity index (χ0v) is 8.26. The number of amides is 2. The molecule has 1 fully saturated rings. The molecule has 2 heterocycles. The van der Waals surface area contributed by atoms with Gasteiger partial charge in [-0.25, -0.2) is 0 Å². The van der Waals surface area contributed by atoms with Crippen LogP contribution in [0.2, 0.25) is 0 Å². The van der Waals surface area contributed by atoms with Crippen LogP contribution in [0, 0.1) is 0 Å². The Morgan fingerprint density at radius 3 is 2.47 bits per heavy atom. The van der Waals surface area contributed by atoms with E-state index in [2.05, 4.69) is 22.9 Å². The van der Waals surface area contributed by atoms with E-state index >= 15 is 0 Å². The molecule has 6 heteroatoms. The topological polar surface area (TPSA) is 71.3 Å². The Hall–Kier alpha value is -1.95. The third-order valence-corrected chi connectivity index (χ3v) is 2.00. The molecule has 5 nitrogen and oxygen atoms in total. The molecule has 1 saturated heterocycles. The van der Waals surface area contributed by atoms with Gasteiger partial charge in [0, 0.05) is 5.56 Å². The summed E-state index contributed by atoms with van der Waals surface area (Å²) in [4.78, 5) is 22.8. The predicted molar refractivity (Wildman–Crippen MR) is 55.6 cm³/mol. The van der Waals surface area contributed by atoms with Crippen molar-refractivity contribution in [3.05, 3.63) is 29.7 Å². The fourth-order valence-corrected chi connectivity index (χ4v) is 1.32. The molecular formula is C9H6N2O3S. The summed E-state index contributed by atoms with van der Waals surface area (Å²) in [5, 5.41) is 4.69. The maximum atomic E-state index is 11.4. The van der Waals surface area contributed by atoms with Gasteiger partial charge in [-0.1, -0.05) is 0 Å². The SMILES string of the molecule is O=C1NC(=S)NC(=O)C1=Cc1ccoc1. The van der Waals surface area contributed by atoms with Crippen molar-refractivity contribution in [1.82, 2.24) is 10.6 Å². The average Bonchev–Trinajstić information content (AvgIpc) is 2.63. The molecule has 0 aromatic carbocycles. The summed E-state index contributed by atoms with van der Waals surface area (Å²) in [7, 11) is 0. The molecular weight excluding hydrogens is 216 g/mol. The minimum Gasteiger partial charge on any atom is -0.472 e. The molecule has 1 aliphatic heterocycles. The van der Waals surface area contributed by atoms with E-state index in [9.17, 15) is 9.59 Å². The number of carbonyl (C=O) groups excluding carboxylic acids is 2. The fraction of sp³-hybridized carbons (Fsp3) is 0. The van der Waals surface area contributed by atoms with Crippen LogP contribution in [0.4, 0.5) is 0 Å². The smallest absolute Gasteiger partial charge is 0.263 e. The van der Waals surface area contributed by atoms with Gasteiger partial charge in [0.2, 0.25) is 0 Å². The second-order valence-electron chi connectivity index (χ2n) is 2.85. The quantitative estimate of drug-likeness (QED) is 0.404. The highest BCUT2D eigenvalue weighted by Gasteiger charge is 2.25. The molecule has 15 heavy (non-hydrogen) atoms. The molecule has 1 aromatic heterocycles. The first-order chi connectivity index (χ1) is 7.16. The monoisotopic (exact) mass is 222 g/mol. The lowest BCUT2D eigenvalue weighted by atomic mass is 10.1. The largest absolute Gasteiger partial charge is 0.472 e. The number of thiocarbonyl (C=S) groups is 1. The number of hydrogen-bond donors (Lipinski definition) is 2. The van der Waals surface area contributed by atoms with Crippen molar-refractivity contribution in [2.24, 2.45) is 0 Å². The highest BCUT2D eigenvalue weighted by Crippen LogP contribution is 2.09. The highest BCUT2D eigenvalue weighted by atomic mass is 32.1. The lowest BCUT2D eigenvalue weighted by molar-refractivity contribution is -0.123. The molecule has 1 aromatic rings. The van der Waals surface area contributed by atoms with Gasteiger partial charge in [0.25, 0.3) is 11.8 Å². The van der Waals surface area contributed by atoms with Crippen molar-refractivity contribution in [3.63, 3.8) is 0 Å². The maximum Gasteiger partial charge on any atom is 0.263 e. The first-order valence-electron chi connectivity index (χ1n) is 4.07. The summed E-state index contributed by atoms with van der Waals surface area (Å²) < 4.78 is 4.81. The number of carbonyl (C=O) groups is 2. The Morgan fingerprint density at radius 2 is 1.93 bits per heavy atom. The van der Waals surface area contributed by atoms with Crippen LogP contribution in [0.1, 0.15) is 5.56 Å². The van der Waals surface area contributed by atoms with Gasteiger partial charge in [0.15, 0.2) is 5.11 Å². The van der Waals surface area contributed by atoms with Crippen LogP contribution in [0.3, 0.4) is 0 Å². The summed E-state index contributed by atoms with van der Waals surface area (Å²) in [5.41, 5.74) is 0.646.